The van der Waals surface area contributed by atoms with Crippen LogP contribution in [0, 0.1) is 16.9 Å². The number of nitrogens with zero attached hydrogens (tertiary/aromatic N) is 2. The van der Waals surface area contributed by atoms with Gasteiger partial charge in [0.15, 0.2) is 6.19 Å². The van der Waals surface area contributed by atoms with Gasteiger partial charge >= 0.3 is 7.25 Å². The Balaban J connectivity index is 2.17. The first-order valence-corrected chi connectivity index (χ1v) is 3.63. The van der Waals surface area contributed by atoms with Gasteiger partial charge in [-0.2, -0.15) is 5.26 Å². The summed E-state index contributed by atoms with van der Waals surface area (Å²) in [6, 6.07) is 0. The van der Waals surface area contributed by atoms with Crippen molar-refractivity contribution in [1.82, 2.24) is 4.81 Å². The number of nitriles is 1. The second kappa shape index (κ2) is 2.13. The second-order valence-electron chi connectivity index (χ2n) is 3.47. The van der Waals surface area contributed by atoms with Crippen LogP contribution in [-0.2, 0) is 9.31 Å². The molecule has 3 aliphatic heterocycles. The lowest BCUT2D eigenvalue weighted by atomic mass is 9.81. The van der Waals surface area contributed by atoms with E-state index in [0.29, 0.717) is 13.2 Å². The van der Waals surface area contributed by atoms with Gasteiger partial charge in [0.05, 0.1) is 0 Å². The number of fused-ring (bicyclic) bond motifs is 3. The van der Waals surface area contributed by atoms with Crippen LogP contribution in [0.3, 0.4) is 0 Å². The van der Waals surface area contributed by atoms with Crippen LogP contribution in [0.25, 0.3) is 0 Å². The highest BCUT2D eigenvalue weighted by Crippen LogP contribution is 2.30. The number of rotatable bonds is 0. The fraction of sp³-hybridized carbons (Fsp3) is 0.833. The Bertz CT molecular complexity index is 207. The highest BCUT2D eigenvalue weighted by molar-refractivity contribution is 6.42. The summed E-state index contributed by atoms with van der Waals surface area (Å²) >= 11 is 0. The fourth-order valence-electron chi connectivity index (χ4n) is 1.47. The van der Waals surface area contributed by atoms with Crippen molar-refractivity contribution in [1.29, 1.82) is 5.26 Å². The predicted octanol–water partition coefficient (Wildman–Crippen LogP) is -0.179. The van der Waals surface area contributed by atoms with Crippen LogP contribution in [0.15, 0.2) is 0 Å². The van der Waals surface area contributed by atoms with E-state index in [2.05, 4.69) is 6.92 Å². The normalized spacial score (nSPS) is 26.9. The van der Waals surface area contributed by atoms with Crippen molar-refractivity contribution in [3.63, 3.8) is 0 Å². The van der Waals surface area contributed by atoms with E-state index >= 15 is 0 Å². The Morgan fingerprint density at radius 3 is 2.55 bits per heavy atom. The maximum atomic E-state index is 8.64. The Labute approximate surface area is 65.8 Å². The summed E-state index contributed by atoms with van der Waals surface area (Å²) in [6.45, 7) is 4.23. The Hall–Kier alpha value is -0.725. The minimum Gasteiger partial charge on any atom is -0.391 e. The molecule has 2 bridgehead atoms. The number of hydrogen-bond donors (Lipinski definition) is 0. The molecule has 3 saturated heterocycles. The molecular formula is C6H9BN2O2. The standard InChI is InChI=1S/C6H9BN2O2/c1-6-2-9(5-8)7(10-3-6)11-4-6/h2-4H2,1H3. The van der Waals surface area contributed by atoms with Crippen molar-refractivity contribution >= 4 is 7.25 Å². The van der Waals surface area contributed by atoms with Gasteiger partial charge in [-0.25, -0.2) is 0 Å². The third kappa shape index (κ3) is 0.989. The van der Waals surface area contributed by atoms with Gasteiger partial charge in [-0.1, -0.05) is 6.92 Å². The summed E-state index contributed by atoms with van der Waals surface area (Å²) in [7, 11) is -0.415. The van der Waals surface area contributed by atoms with E-state index in [9.17, 15) is 0 Å². The van der Waals surface area contributed by atoms with Crippen molar-refractivity contribution in [3.8, 4) is 6.19 Å². The van der Waals surface area contributed by atoms with Crippen LogP contribution in [0.4, 0.5) is 0 Å². The zero-order chi connectivity index (χ0) is 7.90. The molecule has 0 aromatic carbocycles. The predicted molar refractivity (Wildman–Crippen MR) is 38.1 cm³/mol. The molecule has 0 aromatic rings. The highest BCUT2D eigenvalue weighted by Gasteiger charge is 2.48. The van der Waals surface area contributed by atoms with E-state index in [0.717, 1.165) is 6.54 Å². The van der Waals surface area contributed by atoms with Crippen molar-refractivity contribution in [2.45, 2.75) is 6.92 Å². The molecule has 5 heteroatoms. The summed E-state index contributed by atoms with van der Waals surface area (Å²) in [5.74, 6) is 0. The third-order valence-corrected chi connectivity index (χ3v) is 2.08. The van der Waals surface area contributed by atoms with Gasteiger partial charge < -0.3 is 9.31 Å². The van der Waals surface area contributed by atoms with E-state index in [4.69, 9.17) is 14.6 Å². The van der Waals surface area contributed by atoms with Gasteiger partial charge in [0.25, 0.3) is 0 Å². The van der Waals surface area contributed by atoms with E-state index in [1.165, 1.54) is 4.81 Å². The minimum absolute atomic E-state index is 0.0183. The second-order valence-corrected chi connectivity index (χ2v) is 3.47. The summed E-state index contributed by atoms with van der Waals surface area (Å²) < 4.78 is 10.5. The smallest absolute Gasteiger partial charge is 0.391 e. The fourth-order valence-corrected chi connectivity index (χ4v) is 1.47. The topological polar surface area (TPSA) is 45.5 Å². The molecule has 4 nitrogen and oxygen atoms in total. The first-order valence-electron chi connectivity index (χ1n) is 3.63. The van der Waals surface area contributed by atoms with Gasteiger partial charge in [0, 0.05) is 25.2 Å². The molecule has 11 heavy (non-hydrogen) atoms. The molecule has 0 N–H and O–H groups in total. The van der Waals surface area contributed by atoms with Gasteiger partial charge in [-0.15, -0.1) is 0 Å². The van der Waals surface area contributed by atoms with Crippen LogP contribution in [-0.4, -0.2) is 31.8 Å². The Kier molecular flexibility index (Phi) is 1.35. The van der Waals surface area contributed by atoms with Gasteiger partial charge in [0.1, 0.15) is 0 Å². The Morgan fingerprint density at radius 2 is 2.18 bits per heavy atom. The van der Waals surface area contributed by atoms with Crippen LogP contribution in [0.1, 0.15) is 6.92 Å². The minimum atomic E-state index is -0.415. The lowest BCUT2D eigenvalue weighted by molar-refractivity contribution is -0.0478. The van der Waals surface area contributed by atoms with Crippen LogP contribution in [0.5, 0.6) is 0 Å². The van der Waals surface area contributed by atoms with Gasteiger partial charge in [-0.3, -0.25) is 4.81 Å². The molecule has 0 atom stereocenters. The molecule has 3 aliphatic rings. The summed E-state index contributed by atoms with van der Waals surface area (Å²) in [6.07, 6.45) is 2.04. The van der Waals surface area contributed by atoms with Crippen LogP contribution in [0.2, 0.25) is 0 Å². The van der Waals surface area contributed by atoms with E-state index in [-0.39, 0.29) is 5.41 Å². The maximum Gasteiger partial charge on any atom is 0.602 e. The van der Waals surface area contributed by atoms with E-state index in [1.54, 1.807) is 0 Å². The maximum absolute atomic E-state index is 8.64. The Morgan fingerprint density at radius 1 is 1.55 bits per heavy atom. The summed E-state index contributed by atoms with van der Waals surface area (Å²) in [4.78, 5) is 1.53. The number of hydrogen-bond acceptors (Lipinski definition) is 4. The molecule has 0 spiro atoms. The molecule has 58 valence electrons. The highest BCUT2D eigenvalue weighted by atomic mass is 16.6. The molecule has 0 aromatic heterocycles. The quantitative estimate of drug-likeness (QED) is 0.356. The molecule has 0 radical (unpaired) electrons. The van der Waals surface area contributed by atoms with Gasteiger partial charge in [0.2, 0.25) is 0 Å². The van der Waals surface area contributed by atoms with Crippen LogP contribution >= 0.6 is 0 Å². The lowest BCUT2D eigenvalue weighted by Gasteiger charge is -2.45. The monoisotopic (exact) mass is 152 g/mol. The molecule has 3 fully saturated rings. The summed E-state index contributed by atoms with van der Waals surface area (Å²) in [5, 5.41) is 8.64. The van der Waals surface area contributed by atoms with Crippen molar-refractivity contribution in [2.75, 3.05) is 19.8 Å². The SMILES string of the molecule is CC12COB(OC1)N(C#N)C2. The zero-order valence-corrected chi connectivity index (χ0v) is 6.41. The first-order chi connectivity index (χ1) is 5.23. The molecule has 3 rings (SSSR count). The molecule has 0 amide bonds. The molecule has 3 heterocycles. The average Bonchev–Trinajstić information content (AvgIpc) is 2.04. The molecule has 0 saturated carbocycles. The third-order valence-electron chi connectivity index (χ3n) is 2.08. The van der Waals surface area contributed by atoms with Crippen molar-refractivity contribution < 1.29 is 9.31 Å². The zero-order valence-electron chi connectivity index (χ0n) is 6.41. The molecule has 0 aliphatic carbocycles. The molecule has 0 unspecified atom stereocenters. The van der Waals surface area contributed by atoms with Crippen LogP contribution < -0.4 is 0 Å². The van der Waals surface area contributed by atoms with Gasteiger partial charge in [-0.05, 0) is 0 Å². The van der Waals surface area contributed by atoms with E-state index in [1.807, 2.05) is 6.19 Å². The summed E-state index contributed by atoms with van der Waals surface area (Å²) in [5.41, 5.74) is 0.0183. The van der Waals surface area contributed by atoms with Crippen molar-refractivity contribution in [3.05, 3.63) is 0 Å². The van der Waals surface area contributed by atoms with E-state index < -0.39 is 7.25 Å². The average molecular weight is 152 g/mol. The largest absolute Gasteiger partial charge is 0.602 e. The van der Waals surface area contributed by atoms with Crippen molar-refractivity contribution in [2.24, 2.45) is 5.41 Å². The lowest BCUT2D eigenvalue weighted by Crippen LogP contribution is -2.61. The first kappa shape index (κ1) is 6.95. The molecular weight excluding hydrogens is 143 g/mol.